The predicted octanol–water partition coefficient (Wildman–Crippen LogP) is 2.92. The van der Waals surface area contributed by atoms with Crippen molar-refractivity contribution < 1.29 is 0 Å². The summed E-state index contributed by atoms with van der Waals surface area (Å²) in [6.45, 7) is 0. The lowest BCUT2D eigenvalue weighted by molar-refractivity contribution is 1.18. The minimum absolute atomic E-state index is 1.04. The van der Waals surface area contributed by atoms with E-state index in [-0.39, 0.29) is 0 Å². The quantitative estimate of drug-likeness (QED) is 0.472. The van der Waals surface area contributed by atoms with Gasteiger partial charge < -0.3 is 9.38 Å². The van der Waals surface area contributed by atoms with Crippen molar-refractivity contribution in [2.45, 2.75) is 0 Å². The number of aromatic amines is 1. The second-order valence-corrected chi connectivity index (χ2v) is 3.92. The maximum Gasteiger partial charge on any atom is 0.141 e. The van der Waals surface area contributed by atoms with E-state index in [0.29, 0.717) is 0 Å². The van der Waals surface area contributed by atoms with Crippen LogP contribution in [0.1, 0.15) is 0 Å². The highest BCUT2D eigenvalue weighted by Gasteiger charge is 2.14. The number of hydrogen-bond acceptors (Lipinski definition) is 1. The van der Waals surface area contributed by atoms with Gasteiger partial charge in [0, 0.05) is 29.5 Å². The number of hydrogen-bond donors (Lipinski definition) is 1. The number of nitrogens with one attached hydrogen (secondary N) is 1. The predicted molar refractivity (Wildman–Crippen MR) is 63.7 cm³/mol. The molecule has 2 aliphatic heterocycles. The topological polar surface area (TPSA) is 33.1 Å². The molecular formula is C13H9N3. The molecule has 1 aromatic carbocycles. The van der Waals surface area contributed by atoms with Crippen LogP contribution >= 0.6 is 0 Å². The van der Waals surface area contributed by atoms with Crippen LogP contribution in [-0.2, 0) is 0 Å². The highest BCUT2D eigenvalue weighted by atomic mass is 15.0. The van der Waals surface area contributed by atoms with Crippen molar-refractivity contribution in [1.82, 2.24) is 14.4 Å². The number of rotatable bonds is 0. The lowest BCUT2D eigenvalue weighted by atomic mass is 10.1. The van der Waals surface area contributed by atoms with Crippen LogP contribution in [0.15, 0.2) is 48.9 Å². The zero-order valence-electron chi connectivity index (χ0n) is 8.51. The van der Waals surface area contributed by atoms with E-state index in [1.54, 1.807) is 0 Å². The third kappa shape index (κ3) is 0.852. The van der Waals surface area contributed by atoms with E-state index in [9.17, 15) is 0 Å². The summed E-state index contributed by atoms with van der Waals surface area (Å²) < 4.78 is 2.05. The van der Waals surface area contributed by atoms with E-state index in [1.165, 1.54) is 10.9 Å². The van der Waals surface area contributed by atoms with Gasteiger partial charge in [-0.25, -0.2) is 4.98 Å². The molecule has 2 aromatic rings. The Bertz CT molecular complexity index is 763. The molecule has 2 aliphatic rings. The first-order valence-electron chi connectivity index (χ1n) is 5.26. The molecule has 3 nitrogen and oxygen atoms in total. The average molecular weight is 207 g/mol. The number of benzene rings is 1. The monoisotopic (exact) mass is 207 g/mol. The van der Waals surface area contributed by atoms with Gasteiger partial charge in [-0.05, 0) is 12.1 Å². The van der Waals surface area contributed by atoms with Gasteiger partial charge in [0.2, 0.25) is 0 Å². The summed E-state index contributed by atoms with van der Waals surface area (Å²) in [7, 11) is 0. The number of imidazole rings is 1. The fraction of sp³-hybridized carbons (Fsp3) is 0. The highest BCUT2D eigenvalue weighted by Crippen LogP contribution is 2.32. The fourth-order valence-corrected chi connectivity index (χ4v) is 2.27. The summed E-state index contributed by atoms with van der Waals surface area (Å²) >= 11 is 0. The highest BCUT2D eigenvalue weighted by molar-refractivity contribution is 6.00. The van der Waals surface area contributed by atoms with Crippen molar-refractivity contribution in [3.63, 3.8) is 0 Å². The standard InChI is InChI=1S/C13H9N3/c1-2-4-11-9(3-1)10-5-7-16-8-6-14-13(16)12(10)15-11/h1-8,14H. The van der Waals surface area contributed by atoms with E-state index in [2.05, 4.69) is 40.4 Å². The molecule has 0 bridgehead atoms. The molecule has 16 heavy (non-hydrogen) atoms. The summed E-state index contributed by atoms with van der Waals surface area (Å²) in [5.41, 5.74) is 4.35. The summed E-state index contributed by atoms with van der Waals surface area (Å²) in [6.07, 6.45) is 5.98. The Balaban J connectivity index is 2.31. The van der Waals surface area contributed by atoms with Crippen molar-refractivity contribution in [3.05, 3.63) is 48.9 Å². The second-order valence-electron chi connectivity index (χ2n) is 3.92. The Labute approximate surface area is 91.7 Å². The Morgan fingerprint density at radius 2 is 2.00 bits per heavy atom. The summed E-state index contributed by atoms with van der Waals surface area (Å²) in [6, 6.07) is 10.4. The molecule has 0 spiro atoms. The van der Waals surface area contributed by atoms with Gasteiger partial charge >= 0.3 is 0 Å². The average Bonchev–Trinajstić information content (AvgIpc) is 2.92. The normalized spacial score (nSPS) is 11.8. The second kappa shape index (κ2) is 2.64. The summed E-state index contributed by atoms with van der Waals surface area (Å²) in [5.74, 6) is 0. The van der Waals surface area contributed by atoms with Gasteiger partial charge in [-0.2, -0.15) is 0 Å². The van der Waals surface area contributed by atoms with Crippen LogP contribution in [0.5, 0.6) is 0 Å². The molecular weight excluding hydrogens is 198 g/mol. The van der Waals surface area contributed by atoms with Crippen LogP contribution in [-0.4, -0.2) is 14.4 Å². The molecule has 76 valence electrons. The van der Waals surface area contributed by atoms with Crippen molar-refractivity contribution >= 4 is 16.6 Å². The summed E-state index contributed by atoms with van der Waals surface area (Å²) in [4.78, 5) is 7.89. The third-order valence-electron chi connectivity index (χ3n) is 3.02. The van der Waals surface area contributed by atoms with Crippen molar-refractivity contribution in [3.8, 4) is 11.3 Å². The molecule has 0 unspecified atom stereocenters. The minimum atomic E-state index is 1.04. The summed E-state index contributed by atoms with van der Waals surface area (Å²) in [5, 5.41) is 1.22. The lowest BCUT2D eigenvalue weighted by Crippen LogP contribution is -1.87. The molecule has 1 aromatic heterocycles. The van der Waals surface area contributed by atoms with Gasteiger partial charge in [-0.15, -0.1) is 0 Å². The molecule has 0 saturated heterocycles. The molecule has 3 heterocycles. The zero-order valence-corrected chi connectivity index (χ0v) is 8.51. The van der Waals surface area contributed by atoms with Crippen molar-refractivity contribution in [2.75, 3.05) is 0 Å². The Morgan fingerprint density at radius 3 is 3.00 bits per heavy atom. The van der Waals surface area contributed by atoms with E-state index in [1.807, 2.05) is 22.9 Å². The SMILES string of the molecule is c1ccc2c3ccn4cc[nH]c4c-3nc2c1. The van der Waals surface area contributed by atoms with Gasteiger partial charge in [0.1, 0.15) is 11.3 Å². The molecule has 1 N–H and O–H groups in total. The van der Waals surface area contributed by atoms with Gasteiger partial charge in [0.25, 0.3) is 0 Å². The molecule has 0 fully saturated rings. The molecule has 0 radical (unpaired) electrons. The van der Waals surface area contributed by atoms with Gasteiger partial charge in [-0.1, -0.05) is 18.2 Å². The molecule has 3 heteroatoms. The molecule has 0 aliphatic carbocycles. The number of pyridine rings is 1. The first kappa shape index (κ1) is 7.93. The minimum Gasteiger partial charge on any atom is -0.344 e. The van der Waals surface area contributed by atoms with Crippen molar-refractivity contribution in [2.24, 2.45) is 0 Å². The van der Waals surface area contributed by atoms with E-state index in [4.69, 9.17) is 0 Å². The molecule has 0 amide bonds. The van der Waals surface area contributed by atoms with Gasteiger partial charge in [-0.3, -0.25) is 0 Å². The number of aromatic nitrogens is 3. The zero-order chi connectivity index (χ0) is 10.5. The van der Waals surface area contributed by atoms with Crippen LogP contribution < -0.4 is 0 Å². The number of H-pyrrole nitrogens is 1. The Hall–Kier alpha value is -2.29. The Morgan fingerprint density at radius 1 is 1.06 bits per heavy atom. The van der Waals surface area contributed by atoms with Gasteiger partial charge in [0.05, 0.1) is 5.52 Å². The molecule has 0 saturated carbocycles. The maximum atomic E-state index is 4.66. The van der Waals surface area contributed by atoms with Crippen LogP contribution in [0, 0.1) is 0 Å². The first-order chi connectivity index (χ1) is 7.93. The smallest absolute Gasteiger partial charge is 0.141 e. The van der Waals surface area contributed by atoms with Crippen LogP contribution in [0.2, 0.25) is 0 Å². The van der Waals surface area contributed by atoms with Crippen LogP contribution in [0.3, 0.4) is 0 Å². The van der Waals surface area contributed by atoms with E-state index in [0.717, 1.165) is 16.9 Å². The van der Waals surface area contributed by atoms with E-state index < -0.39 is 0 Å². The van der Waals surface area contributed by atoms with Crippen molar-refractivity contribution in [1.29, 1.82) is 0 Å². The van der Waals surface area contributed by atoms with E-state index >= 15 is 0 Å². The first-order valence-corrected chi connectivity index (χ1v) is 5.26. The number of para-hydroxylation sites is 1. The fourth-order valence-electron chi connectivity index (χ4n) is 2.27. The largest absolute Gasteiger partial charge is 0.344 e. The number of nitrogens with zero attached hydrogens (tertiary/aromatic N) is 2. The van der Waals surface area contributed by atoms with Gasteiger partial charge in [0.15, 0.2) is 0 Å². The Kier molecular flexibility index (Phi) is 1.31. The van der Waals surface area contributed by atoms with Crippen LogP contribution in [0.25, 0.3) is 27.8 Å². The lowest BCUT2D eigenvalue weighted by Gasteiger charge is -2.00. The maximum absolute atomic E-state index is 4.66. The number of fused-ring (bicyclic) bond motifs is 5. The molecule has 4 rings (SSSR count). The van der Waals surface area contributed by atoms with Crippen LogP contribution in [0.4, 0.5) is 0 Å². The molecule has 0 atom stereocenters. The third-order valence-corrected chi connectivity index (χ3v) is 3.02.